The minimum absolute atomic E-state index is 0.0721. The molecular weight excluding hydrogens is 279 g/mol. The molecule has 0 radical (unpaired) electrons. The van der Waals surface area contributed by atoms with Crippen LogP contribution >= 0.6 is 23.2 Å². The molecule has 1 saturated heterocycles. The van der Waals surface area contributed by atoms with Gasteiger partial charge in [0.1, 0.15) is 9.93 Å². The third-order valence-electron chi connectivity index (χ3n) is 7.18. The summed E-state index contributed by atoms with van der Waals surface area (Å²) in [7, 11) is 0. The molecule has 0 aromatic carbocycles. The van der Waals surface area contributed by atoms with Gasteiger partial charge in [0.15, 0.2) is 0 Å². The monoisotopic (exact) mass is 302 g/mol. The Morgan fingerprint density at radius 3 is 2.26 bits per heavy atom. The lowest BCUT2D eigenvalue weighted by atomic mass is 9.60. The van der Waals surface area contributed by atoms with Crippen LogP contribution in [0.15, 0.2) is 0 Å². The molecule has 3 aliphatic carbocycles. The molecule has 3 heteroatoms. The highest BCUT2D eigenvalue weighted by atomic mass is 35.5. The van der Waals surface area contributed by atoms with Crippen LogP contribution in [0.1, 0.15) is 59.8 Å². The maximum atomic E-state index is 6.69. The maximum absolute atomic E-state index is 6.69. The van der Waals surface area contributed by atoms with E-state index in [0.29, 0.717) is 11.8 Å². The molecule has 0 aromatic heterocycles. The zero-order chi connectivity index (χ0) is 13.9. The van der Waals surface area contributed by atoms with Crippen molar-refractivity contribution in [3.8, 4) is 0 Å². The van der Waals surface area contributed by atoms with Crippen molar-refractivity contribution in [2.75, 3.05) is 0 Å². The van der Waals surface area contributed by atoms with Crippen molar-refractivity contribution in [2.24, 2.45) is 22.7 Å². The van der Waals surface area contributed by atoms with Crippen LogP contribution in [-0.2, 0) is 4.74 Å². The number of rotatable bonds is 0. The van der Waals surface area contributed by atoms with Crippen LogP contribution in [0.4, 0.5) is 0 Å². The van der Waals surface area contributed by atoms with Crippen molar-refractivity contribution in [1.29, 1.82) is 0 Å². The Bertz CT molecular complexity index is 460. The smallest absolute Gasteiger partial charge is 0.127 e. The van der Waals surface area contributed by atoms with Crippen molar-refractivity contribution in [2.45, 2.75) is 75.3 Å². The lowest BCUT2D eigenvalue weighted by Gasteiger charge is -2.42. The zero-order valence-electron chi connectivity index (χ0n) is 12.4. The molecule has 0 bridgehead atoms. The molecular formula is C16H24Cl2O. The normalized spacial score (nSPS) is 60.3. The van der Waals surface area contributed by atoms with E-state index in [-0.39, 0.29) is 22.0 Å². The van der Waals surface area contributed by atoms with Gasteiger partial charge in [0.05, 0.1) is 5.60 Å². The summed E-state index contributed by atoms with van der Waals surface area (Å²) in [5.41, 5.74) is 0.564. The Balaban J connectivity index is 1.83. The maximum Gasteiger partial charge on any atom is 0.127 e. The van der Waals surface area contributed by atoms with Crippen LogP contribution in [0.2, 0.25) is 0 Å². The van der Waals surface area contributed by atoms with Crippen LogP contribution in [0.3, 0.4) is 0 Å². The Kier molecular flexibility index (Phi) is 2.19. The number of epoxide rings is 1. The number of halogens is 2. The Morgan fingerprint density at radius 1 is 0.895 bits per heavy atom. The minimum Gasteiger partial charge on any atom is -0.362 e. The van der Waals surface area contributed by atoms with Gasteiger partial charge in [-0.2, -0.15) is 0 Å². The molecule has 1 aliphatic heterocycles. The molecule has 1 nitrogen and oxygen atoms in total. The van der Waals surface area contributed by atoms with E-state index in [1.807, 2.05) is 0 Å². The van der Waals surface area contributed by atoms with Crippen LogP contribution in [-0.4, -0.2) is 15.5 Å². The summed E-state index contributed by atoms with van der Waals surface area (Å²) in [6.45, 7) is 9.41. The first-order valence-corrected chi connectivity index (χ1v) is 8.44. The van der Waals surface area contributed by atoms with Gasteiger partial charge in [0.2, 0.25) is 0 Å². The first-order valence-electron chi connectivity index (χ1n) is 7.69. The summed E-state index contributed by atoms with van der Waals surface area (Å²) < 4.78 is 5.86. The molecule has 0 amide bonds. The van der Waals surface area contributed by atoms with E-state index in [2.05, 4.69) is 27.7 Å². The highest BCUT2D eigenvalue weighted by Gasteiger charge is 2.87. The van der Waals surface area contributed by atoms with Gasteiger partial charge in [-0.15, -0.1) is 23.2 Å². The molecule has 108 valence electrons. The Labute approximate surface area is 126 Å². The lowest BCUT2D eigenvalue weighted by molar-refractivity contribution is 0.0254. The molecule has 0 aromatic rings. The largest absolute Gasteiger partial charge is 0.362 e. The number of alkyl halides is 2. The van der Waals surface area contributed by atoms with E-state index >= 15 is 0 Å². The highest BCUT2D eigenvalue weighted by Crippen LogP contribution is 2.84. The topological polar surface area (TPSA) is 12.5 Å². The second kappa shape index (κ2) is 3.15. The predicted octanol–water partition coefficient (Wildman–Crippen LogP) is 4.94. The van der Waals surface area contributed by atoms with Gasteiger partial charge in [0.25, 0.3) is 0 Å². The lowest BCUT2D eigenvalue weighted by Crippen LogP contribution is -2.44. The van der Waals surface area contributed by atoms with E-state index in [0.717, 1.165) is 12.8 Å². The molecule has 0 unspecified atom stereocenters. The average molecular weight is 303 g/mol. The highest BCUT2D eigenvalue weighted by molar-refractivity contribution is 6.52. The number of hydrogen-bond donors (Lipinski definition) is 0. The van der Waals surface area contributed by atoms with E-state index in [1.54, 1.807) is 0 Å². The van der Waals surface area contributed by atoms with Crippen molar-refractivity contribution in [1.82, 2.24) is 0 Å². The third kappa shape index (κ3) is 1.26. The first kappa shape index (κ1) is 13.2. The summed E-state index contributed by atoms with van der Waals surface area (Å²) in [5, 5.41) is 0. The summed E-state index contributed by atoms with van der Waals surface area (Å²) >= 11 is 13.4. The zero-order valence-corrected chi connectivity index (χ0v) is 13.9. The van der Waals surface area contributed by atoms with E-state index in [9.17, 15) is 0 Å². The van der Waals surface area contributed by atoms with E-state index in [1.165, 1.54) is 19.3 Å². The van der Waals surface area contributed by atoms with Crippen molar-refractivity contribution >= 4 is 23.2 Å². The molecule has 1 heterocycles. The fourth-order valence-corrected chi connectivity index (χ4v) is 6.90. The van der Waals surface area contributed by atoms with Crippen LogP contribution in [0, 0.1) is 22.7 Å². The van der Waals surface area contributed by atoms with E-state index < -0.39 is 4.33 Å². The predicted molar refractivity (Wildman–Crippen MR) is 78.6 cm³/mol. The van der Waals surface area contributed by atoms with Gasteiger partial charge in [-0.25, -0.2) is 0 Å². The Morgan fingerprint density at radius 2 is 1.58 bits per heavy atom. The standard InChI is InChI=1S/C16H24Cl2O/c1-12(2)6-5-7-14(4)15(19-14)9-8-13(3)11(10(12)15)16(13,17)18/h10-11H,5-9H2,1-4H3/t10-,11-,13-,14-,15+/m1/s1. The van der Waals surface area contributed by atoms with Gasteiger partial charge < -0.3 is 4.74 Å². The number of ether oxygens (including phenoxy) is 1. The fourth-order valence-electron chi connectivity index (χ4n) is 5.85. The fraction of sp³-hybridized carbons (Fsp3) is 1.00. The van der Waals surface area contributed by atoms with Gasteiger partial charge in [-0.05, 0) is 44.4 Å². The molecule has 5 atom stereocenters. The van der Waals surface area contributed by atoms with Gasteiger partial charge in [-0.1, -0.05) is 20.8 Å². The molecule has 0 N–H and O–H groups in total. The van der Waals surface area contributed by atoms with Crippen LogP contribution in [0.5, 0.6) is 0 Å². The van der Waals surface area contributed by atoms with Crippen LogP contribution < -0.4 is 0 Å². The SMILES string of the molecule is CC1(C)CCC[C@@]2(C)O[C@]23CC[C@]2(C)[C@@H]([C@H]13)C2(Cl)Cl. The summed E-state index contributed by atoms with van der Waals surface area (Å²) in [5.74, 6) is 0.924. The first-order chi connectivity index (χ1) is 8.61. The summed E-state index contributed by atoms with van der Waals surface area (Å²) in [6.07, 6.45) is 6.00. The van der Waals surface area contributed by atoms with Crippen molar-refractivity contribution < 1.29 is 4.74 Å². The second-order valence-electron chi connectivity index (χ2n) is 8.56. The average Bonchev–Trinajstić information content (AvgIpc) is 3.00. The van der Waals surface area contributed by atoms with E-state index in [4.69, 9.17) is 27.9 Å². The second-order valence-corrected chi connectivity index (χ2v) is 9.95. The molecule has 1 spiro atoms. The minimum atomic E-state index is -0.532. The van der Waals surface area contributed by atoms with Crippen LogP contribution in [0.25, 0.3) is 0 Å². The third-order valence-corrected chi connectivity index (χ3v) is 8.52. The summed E-state index contributed by atoms with van der Waals surface area (Å²) in [6, 6.07) is 0. The Hall–Kier alpha value is 0.540. The van der Waals surface area contributed by atoms with Gasteiger partial charge >= 0.3 is 0 Å². The van der Waals surface area contributed by atoms with Crippen molar-refractivity contribution in [3.63, 3.8) is 0 Å². The summed E-state index contributed by atoms with van der Waals surface area (Å²) in [4.78, 5) is 0. The molecule has 4 rings (SSSR count). The van der Waals surface area contributed by atoms with Crippen molar-refractivity contribution in [3.05, 3.63) is 0 Å². The molecule has 19 heavy (non-hydrogen) atoms. The number of hydrogen-bond acceptors (Lipinski definition) is 1. The van der Waals surface area contributed by atoms with Gasteiger partial charge in [0, 0.05) is 17.3 Å². The van der Waals surface area contributed by atoms with Gasteiger partial charge in [-0.3, -0.25) is 0 Å². The molecule has 4 aliphatic rings. The molecule has 3 saturated carbocycles. The quantitative estimate of drug-likeness (QED) is 0.456. The number of fused-ring (bicyclic) bond motifs is 2. The molecule has 4 fully saturated rings.